The average molecular weight is 252 g/mol. The normalized spacial score (nSPS) is 17.1. The third-order valence-electron chi connectivity index (χ3n) is 3.63. The highest BCUT2D eigenvalue weighted by atomic mass is 32.1. The molecule has 0 radical (unpaired) electrons. The van der Waals surface area contributed by atoms with E-state index in [2.05, 4.69) is 37.7 Å². The second-order valence-electron chi connectivity index (χ2n) is 5.14. The second-order valence-corrected chi connectivity index (χ2v) is 6.12. The Hall–Kier alpha value is -0.900. The maximum absolute atomic E-state index is 11.8. The first-order valence-electron chi connectivity index (χ1n) is 6.26. The molecule has 0 aromatic carbocycles. The van der Waals surface area contributed by atoms with Gasteiger partial charge in [-0.2, -0.15) is 0 Å². The summed E-state index contributed by atoms with van der Waals surface area (Å²) in [5.41, 5.74) is 1.02. The molecule has 1 atom stereocenters. The van der Waals surface area contributed by atoms with E-state index < -0.39 is 0 Å². The largest absolute Gasteiger partial charge is 0.348 e. The molecule has 0 saturated carbocycles. The van der Waals surface area contributed by atoms with E-state index in [4.69, 9.17) is 0 Å². The van der Waals surface area contributed by atoms with E-state index in [9.17, 15) is 4.79 Å². The lowest BCUT2D eigenvalue weighted by Gasteiger charge is -2.27. The molecule has 1 aromatic heterocycles. The van der Waals surface area contributed by atoms with Crippen molar-refractivity contribution in [3.63, 3.8) is 0 Å². The van der Waals surface area contributed by atoms with Gasteiger partial charge in [0.25, 0.3) is 0 Å². The highest BCUT2D eigenvalue weighted by Gasteiger charge is 2.25. The molecule has 4 heteroatoms. The zero-order valence-corrected chi connectivity index (χ0v) is 11.8. The first kappa shape index (κ1) is 12.6. The Bertz CT molecular complexity index is 425. The molecule has 1 aliphatic carbocycles. The monoisotopic (exact) mass is 252 g/mol. The van der Waals surface area contributed by atoms with Gasteiger partial charge >= 0.3 is 0 Å². The summed E-state index contributed by atoms with van der Waals surface area (Å²) in [6.07, 6.45) is 2.61. The van der Waals surface area contributed by atoms with Gasteiger partial charge in [0.05, 0.1) is 10.6 Å². The van der Waals surface area contributed by atoms with Gasteiger partial charge in [0, 0.05) is 19.5 Å². The number of ketones is 1. The molecule has 0 saturated heterocycles. The topological polar surface area (TPSA) is 33.2 Å². The highest BCUT2D eigenvalue weighted by Crippen LogP contribution is 2.32. The van der Waals surface area contributed by atoms with Crippen molar-refractivity contribution in [3.8, 4) is 0 Å². The number of aryl methyl sites for hydroxylation is 1. The van der Waals surface area contributed by atoms with Crippen molar-refractivity contribution in [1.82, 2.24) is 4.98 Å². The molecule has 0 aliphatic heterocycles. The number of aromatic nitrogens is 1. The third kappa shape index (κ3) is 2.37. The minimum absolute atomic E-state index is 0.278. The lowest BCUT2D eigenvalue weighted by molar-refractivity contribution is 0.0976. The Labute approximate surface area is 107 Å². The number of rotatable bonds is 3. The van der Waals surface area contributed by atoms with E-state index in [1.807, 2.05) is 0 Å². The molecule has 2 rings (SSSR count). The minimum Gasteiger partial charge on any atom is -0.348 e. The zero-order chi connectivity index (χ0) is 12.6. The summed E-state index contributed by atoms with van der Waals surface area (Å²) in [4.78, 5) is 19.5. The van der Waals surface area contributed by atoms with Crippen molar-refractivity contribution in [2.24, 2.45) is 5.92 Å². The van der Waals surface area contributed by atoms with Crippen LogP contribution in [0.15, 0.2) is 0 Å². The van der Waals surface area contributed by atoms with Crippen LogP contribution in [0.3, 0.4) is 0 Å². The highest BCUT2D eigenvalue weighted by molar-refractivity contribution is 7.17. The van der Waals surface area contributed by atoms with E-state index >= 15 is 0 Å². The second kappa shape index (κ2) is 4.77. The van der Waals surface area contributed by atoms with Crippen molar-refractivity contribution in [2.75, 3.05) is 11.9 Å². The van der Waals surface area contributed by atoms with E-state index in [1.165, 1.54) is 0 Å². The molecule has 3 nitrogen and oxygen atoms in total. The minimum atomic E-state index is 0.278. The Morgan fingerprint density at radius 2 is 2.00 bits per heavy atom. The van der Waals surface area contributed by atoms with Crippen LogP contribution in [0.1, 0.15) is 49.0 Å². The standard InChI is InChI=1S/C13H20N2OS/c1-8(2)9(3)15(4)13-14-10-6-5-7-11(16)12(10)17-13/h8-9H,5-7H2,1-4H3. The van der Waals surface area contributed by atoms with Gasteiger partial charge in [-0.25, -0.2) is 4.98 Å². The van der Waals surface area contributed by atoms with Crippen LogP contribution in [0.5, 0.6) is 0 Å². The molecule has 17 heavy (non-hydrogen) atoms. The van der Waals surface area contributed by atoms with Gasteiger partial charge in [0.2, 0.25) is 0 Å². The molecule has 1 unspecified atom stereocenters. The lowest BCUT2D eigenvalue weighted by atomic mass is 10.0. The Morgan fingerprint density at radius 3 is 2.59 bits per heavy atom. The number of hydrogen-bond donors (Lipinski definition) is 0. The number of fused-ring (bicyclic) bond motifs is 1. The van der Waals surface area contributed by atoms with Crippen LogP contribution in [-0.2, 0) is 6.42 Å². The van der Waals surface area contributed by atoms with E-state index in [1.54, 1.807) is 11.3 Å². The molecule has 94 valence electrons. The Kier molecular flexibility index (Phi) is 3.52. The van der Waals surface area contributed by atoms with Gasteiger partial charge in [-0.1, -0.05) is 25.2 Å². The summed E-state index contributed by atoms with van der Waals surface area (Å²) in [6, 6.07) is 0.442. The number of nitrogens with zero attached hydrogens (tertiary/aromatic N) is 2. The summed E-state index contributed by atoms with van der Waals surface area (Å²) in [7, 11) is 2.07. The van der Waals surface area contributed by atoms with Crippen molar-refractivity contribution in [1.29, 1.82) is 0 Å². The third-order valence-corrected chi connectivity index (χ3v) is 4.86. The quantitative estimate of drug-likeness (QED) is 0.828. The summed E-state index contributed by atoms with van der Waals surface area (Å²) < 4.78 is 0. The first-order chi connectivity index (χ1) is 8.00. The van der Waals surface area contributed by atoms with Gasteiger partial charge in [0.15, 0.2) is 10.9 Å². The van der Waals surface area contributed by atoms with Gasteiger partial charge in [-0.05, 0) is 25.7 Å². The maximum Gasteiger partial charge on any atom is 0.186 e. The van der Waals surface area contributed by atoms with Crippen LogP contribution in [-0.4, -0.2) is 23.9 Å². The fourth-order valence-electron chi connectivity index (χ4n) is 2.03. The molecule has 0 fully saturated rings. The maximum atomic E-state index is 11.8. The van der Waals surface area contributed by atoms with E-state index in [-0.39, 0.29) is 5.78 Å². The smallest absolute Gasteiger partial charge is 0.186 e. The molecule has 0 bridgehead atoms. The fraction of sp³-hybridized carbons (Fsp3) is 0.692. The predicted molar refractivity (Wildman–Crippen MR) is 72.1 cm³/mol. The molecule has 0 amide bonds. The fourth-order valence-corrected chi connectivity index (χ4v) is 3.16. The number of anilines is 1. The molecular weight excluding hydrogens is 232 g/mol. The summed E-state index contributed by atoms with van der Waals surface area (Å²) in [5.74, 6) is 0.859. The lowest BCUT2D eigenvalue weighted by Crippen LogP contribution is -2.33. The van der Waals surface area contributed by atoms with Crippen LogP contribution in [0.2, 0.25) is 0 Å². The van der Waals surface area contributed by atoms with Crippen LogP contribution >= 0.6 is 11.3 Å². The zero-order valence-electron chi connectivity index (χ0n) is 11.0. The van der Waals surface area contributed by atoms with Gasteiger partial charge in [0.1, 0.15) is 0 Å². The van der Waals surface area contributed by atoms with Gasteiger partial charge in [-0.3, -0.25) is 4.79 Å². The molecular formula is C13H20N2OS. The molecule has 0 spiro atoms. The van der Waals surface area contributed by atoms with Gasteiger partial charge in [-0.15, -0.1) is 0 Å². The molecule has 1 aromatic rings. The molecule has 0 N–H and O–H groups in total. The Balaban J connectivity index is 2.26. The average Bonchev–Trinajstić information content (AvgIpc) is 2.72. The van der Waals surface area contributed by atoms with Crippen molar-refractivity contribution in [3.05, 3.63) is 10.6 Å². The number of hydrogen-bond acceptors (Lipinski definition) is 4. The van der Waals surface area contributed by atoms with Crippen LogP contribution in [0.4, 0.5) is 5.13 Å². The molecule has 1 heterocycles. The number of carbonyl (C=O) groups is 1. The number of Topliss-reactive ketones (excluding diaryl/α,β-unsaturated/α-hetero) is 1. The number of carbonyl (C=O) groups excluding carboxylic acids is 1. The van der Waals surface area contributed by atoms with E-state index in [0.717, 1.165) is 28.5 Å². The van der Waals surface area contributed by atoms with Crippen LogP contribution in [0.25, 0.3) is 0 Å². The summed E-state index contributed by atoms with van der Waals surface area (Å²) >= 11 is 1.56. The van der Waals surface area contributed by atoms with Crippen molar-refractivity contribution < 1.29 is 4.79 Å². The van der Waals surface area contributed by atoms with Crippen molar-refractivity contribution in [2.45, 2.75) is 46.1 Å². The van der Waals surface area contributed by atoms with Crippen LogP contribution < -0.4 is 4.90 Å². The SMILES string of the molecule is CC(C)C(C)N(C)c1nc2c(s1)C(=O)CCC2. The van der Waals surface area contributed by atoms with Crippen LogP contribution in [0, 0.1) is 5.92 Å². The van der Waals surface area contributed by atoms with Gasteiger partial charge < -0.3 is 4.90 Å². The molecule has 1 aliphatic rings. The predicted octanol–water partition coefficient (Wildman–Crippen LogP) is 3.14. The first-order valence-corrected chi connectivity index (χ1v) is 7.08. The summed E-state index contributed by atoms with van der Waals surface area (Å²) in [5, 5.41) is 0.992. The van der Waals surface area contributed by atoms with Crippen molar-refractivity contribution >= 4 is 22.3 Å². The number of thiazole rings is 1. The van der Waals surface area contributed by atoms with E-state index in [0.29, 0.717) is 18.4 Å². The summed E-state index contributed by atoms with van der Waals surface area (Å²) in [6.45, 7) is 6.62. The Morgan fingerprint density at radius 1 is 1.29 bits per heavy atom.